The molecule has 3 rings (SSSR count). The minimum Gasteiger partial charge on any atom is -0.545 e. The summed E-state index contributed by atoms with van der Waals surface area (Å²) in [5.41, 5.74) is 0.138. The summed E-state index contributed by atoms with van der Waals surface area (Å²) < 4.78 is 5.57. The Kier molecular flexibility index (Phi) is 5.70. The third-order valence-electron chi connectivity index (χ3n) is 3.98. The molecule has 30 heavy (non-hydrogen) atoms. The molecule has 0 aliphatic rings. The van der Waals surface area contributed by atoms with Crippen LogP contribution in [-0.2, 0) is 4.79 Å². The van der Waals surface area contributed by atoms with Crippen molar-refractivity contribution in [2.75, 3.05) is 5.32 Å². The van der Waals surface area contributed by atoms with Crippen molar-refractivity contribution in [1.82, 2.24) is 0 Å². The zero-order valence-corrected chi connectivity index (χ0v) is 15.2. The third-order valence-corrected chi connectivity index (χ3v) is 3.98. The van der Waals surface area contributed by atoms with Crippen LogP contribution in [0, 0.1) is 21.4 Å². The first kappa shape index (κ1) is 20.0. The summed E-state index contributed by atoms with van der Waals surface area (Å²) in [4.78, 5) is 33.6. The number of carboxylic acids is 1. The monoisotopic (exact) mass is 402 g/mol. The summed E-state index contributed by atoms with van der Waals surface area (Å²) in [6.45, 7) is 0. The molecule has 0 saturated carbocycles. The number of rotatable bonds is 6. The van der Waals surface area contributed by atoms with E-state index in [9.17, 15) is 30.1 Å². The van der Waals surface area contributed by atoms with E-state index in [0.717, 1.165) is 0 Å². The molecule has 0 radical (unpaired) electrons. The molecule has 3 aromatic rings. The number of carbonyl (C=O) groups is 2. The number of furan rings is 1. The Labute approximate surface area is 169 Å². The summed E-state index contributed by atoms with van der Waals surface area (Å²) >= 11 is 0. The van der Waals surface area contributed by atoms with E-state index in [1.807, 2.05) is 0 Å². The fourth-order valence-corrected chi connectivity index (χ4v) is 2.57. The fourth-order valence-electron chi connectivity index (χ4n) is 2.57. The Hall–Kier alpha value is -4.71. The van der Waals surface area contributed by atoms with Gasteiger partial charge in [-0.1, -0.05) is 24.3 Å². The van der Waals surface area contributed by atoms with Crippen LogP contribution in [0.4, 0.5) is 11.4 Å². The van der Waals surface area contributed by atoms with Gasteiger partial charge in [0.25, 0.3) is 11.6 Å². The van der Waals surface area contributed by atoms with Gasteiger partial charge in [-0.15, -0.1) is 0 Å². The van der Waals surface area contributed by atoms with Crippen molar-refractivity contribution < 1.29 is 24.0 Å². The number of non-ortho nitro benzene ring substituents is 1. The van der Waals surface area contributed by atoms with Crippen LogP contribution < -0.4 is 10.4 Å². The summed E-state index contributed by atoms with van der Waals surface area (Å²) in [7, 11) is 0. The van der Waals surface area contributed by atoms with Crippen molar-refractivity contribution in [1.29, 1.82) is 5.26 Å². The number of hydrogen-bond acceptors (Lipinski definition) is 7. The lowest BCUT2D eigenvalue weighted by Crippen LogP contribution is -2.22. The molecule has 0 fully saturated rings. The van der Waals surface area contributed by atoms with Gasteiger partial charge in [0, 0.05) is 29.5 Å². The van der Waals surface area contributed by atoms with Crippen LogP contribution in [0.15, 0.2) is 70.7 Å². The predicted molar refractivity (Wildman–Crippen MR) is 104 cm³/mol. The van der Waals surface area contributed by atoms with E-state index in [1.54, 1.807) is 18.2 Å². The maximum Gasteiger partial charge on any atom is 0.270 e. The maximum atomic E-state index is 12.3. The zero-order valence-electron chi connectivity index (χ0n) is 15.2. The van der Waals surface area contributed by atoms with Crippen molar-refractivity contribution in [2.45, 2.75) is 0 Å². The second-order valence-electron chi connectivity index (χ2n) is 6.00. The van der Waals surface area contributed by atoms with Crippen molar-refractivity contribution in [3.8, 4) is 17.4 Å². The lowest BCUT2D eigenvalue weighted by molar-refractivity contribution is -0.384. The van der Waals surface area contributed by atoms with Gasteiger partial charge in [0.2, 0.25) is 0 Å². The lowest BCUT2D eigenvalue weighted by atomic mass is 10.1. The molecule has 0 bridgehead atoms. The van der Waals surface area contributed by atoms with Crippen LogP contribution >= 0.6 is 0 Å². The van der Waals surface area contributed by atoms with E-state index in [-0.39, 0.29) is 28.3 Å². The number of nitrogens with one attached hydrogen (secondary N) is 1. The molecule has 0 spiro atoms. The Morgan fingerprint density at radius 3 is 2.57 bits per heavy atom. The molecule has 0 atom stereocenters. The Balaban J connectivity index is 1.81. The van der Waals surface area contributed by atoms with E-state index in [4.69, 9.17) is 4.42 Å². The molecule has 0 aliphatic carbocycles. The van der Waals surface area contributed by atoms with E-state index < -0.39 is 16.8 Å². The Morgan fingerprint density at radius 1 is 1.10 bits per heavy atom. The Morgan fingerprint density at radius 2 is 1.87 bits per heavy atom. The number of nitriles is 1. The number of hydrogen-bond donors (Lipinski definition) is 1. The van der Waals surface area contributed by atoms with Crippen LogP contribution in [0.3, 0.4) is 0 Å². The van der Waals surface area contributed by atoms with Gasteiger partial charge in [0.15, 0.2) is 0 Å². The first-order valence-corrected chi connectivity index (χ1v) is 8.46. The van der Waals surface area contributed by atoms with Crippen LogP contribution in [0.25, 0.3) is 17.4 Å². The highest BCUT2D eigenvalue weighted by molar-refractivity contribution is 6.09. The van der Waals surface area contributed by atoms with Crippen molar-refractivity contribution >= 4 is 29.3 Å². The van der Waals surface area contributed by atoms with Crippen molar-refractivity contribution in [2.24, 2.45) is 0 Å². The standard InChI is InChI=1S/C21H13N3O6/c22-12-15(20(25)23-16-5-1-4-14(9-16)21(26)27)11-18-7-8-19(30-18)13-3-2-6-17(10-13)24(28)29/h1-11H,(H,23,25)(H,26,27)/p-1/b15-11+. The van der Waals surface area contributed by atoms with Crippen LogP contribution in [-0.4, -0.2) is 16.8 Å². The molecule has 148 valence electrons. The Bertz CT molecular complexity index is 1220. The highest BCUT2D eigenvalue weighted by Gasteiger charge is 2.13. The highest BCUT2D eigenvalue weighted by atomic mass is 16.6. The molecule has 0 unspecified atom stereocenters. The fraction of sp³-hybridized carbons (Fsp3) is 0. The van der Waals surface area contributed by atoms with E-state index in [2.05, 4.69) is 5.32 Å². The molecular formula is C21H12N3O6-. The largest absolute Gasteiger partial charge is 0.545 e. The van der Waals surface area contributed by atoms with Gasteiger partial charge in [0.05, 0.1) is 10.9 Å². The smallest absolute Gasteiger partial charge is 0.270 e. The van der Waals surface area contributed by atoms with Crippen LogP contribution in [0.5, 0.6) is 0 Å². The van der Waals surface area contributed by atoms with E-state index in [0.29, 0.717) is 11.3 Å². The van der Waals surface area contributed by atoms with E-state index >= 15 is 0 Å². The number of benzene rings is 2. The minimum absolute atomic E-state index is 0.100. The average Bonchev–Trinajstić information content (AvgIpc) is 3.21. The SMILES string of the molecule is N#C/C(=C\c1ccc(-c2cccc([N+](=O)[O-])c2)o1)C(=O)Nc1cccc(C(=O)[O-])c1. The predicted octanol–water partition coefficient (Wildman–Crippen LogP) is 2.76. The van der Waals surface area contributed by atoms with Gasteiger partial charge < -0.3 is 19.6 Å². The zero-order chi connectivity index (χ0) is 21.7. The number of aromatic carboxylic acids is 1. The number of amides is 1. The first-order valence-electron chi connectivity index (χ1n) is 8.46. The van der Waals surface area contributed by atoms with Crippen LogP contribution in [0.1, 0.15) is 16.1 Å². The maximum absolute atomic E-state index is 12.3. The topological polar surface area (TPSA) is 149 Å². The number of nitro groups is 1. The minimum atomic E-state index is -1.40. The number of carbonyl (C=O) groups excluding carboxylic acids is 2. The number of carboxylic acid groups (broad SMARTS) is 1. The molecule has 1 aromatic heterocycles. The summed E-state index contributed by atoms with van der Waals surface area (Å²) in [5.74, 6) is -1.65. The summed E-state index contributed by atoms with van der Waals surface area (Å²) in [6, 6.07) is 16.1. The molecule has 0 aliphatic heterocycles. The van der Waals surface area contributed by atoms with Crippen LogP contribution in [0.2, 0.25) is 0 Å². The van der Waals surface area contributed by atoms with Gasteiger partial charge in [-0.25, -0.2) is 0 Å². The molecule has 9 heteroatoms. The lowest BCUT2D eigenvalue weighted by Gasteiger charge is -2.07. The quantitative estimate of drug-likeness (QED) is 0.288. The molecule has 1 heterocycles. The second kappa shape index (κ2) is 8.53. The average molecular weight is 402 g/mol. The summed E-state index contributed by atoms with van der Waals surface area (Å²) in [5, 5.41) is 33.5. The molecule has 2 aromatic carbocycles. The van der Waals surface area contributed by atoms with Crippen molar-refractivity contribution in [3.05, 3.63) is 87.7 Å². The molecule has 0 saturated heterocycles. The normalized spacial score (nSPS) is 10.8. The van der Waals surface area contributed by atoms with Crippen molar-refractivity contribution in [3.63, 3.8) is 0 Å². The third kappa shape index (κ3) is 4.58. The number of nitrogens with zero attached hydrogens (tertiary/aromatic N) is 2. The van der Waals surface area contributed by atoms with Gasteiger partial charge in [0.1, 0.15) is 23.2 Å². The second-order valence-corrected chi connectivity index (χ2v) is 6.00. The van der Waals surface area contributed by atoms with Gasteiger partial charge in [-0.05, 0) is 29.8 Å². The number of anilines is 1. The molecular weight excluding hydrogens is 390 g/mol. The molecule has 1 N–H and O–H groups in total. The summed E-state index contributed by atoms with van der Waals surface area (Å²) in [6.07, 6.45) is 1.21. The molecule has 1 amide bonds. The number of nitro benzene ring substituents is 1. The van der Waals surface area contributed by atoms with Gasteiger partial charge in [-0.2, -0.15) is 5.26 Å². The first-order chi connectivity index (χ1) is 14.4. The van der Waals surface area contributed by atoms with Gasteiger partial charge >= 0.3 is 0 Å². The highest BCUT2D eigenvalue weighted by Crippen LogP contribution is 2.26. The molecule has 9 nitrogen and oxygen atoms in total. The van der Waals surface area contributed by atoms with Gasteiger partial charge in [-0.3, -0.25) is 14.9 Å². The van der Waals surface area contributed by atoms with E-state index in [1.165, 1.54) is 54.6 Å².